The highest BCUT2D eigenvalue weighted by molar-refractivity contribution is 7.17. The first-order valence-corrected chi connectivity index (χ1v) is 13.5. The predicted molar refractivity (Wildman–Crippen MR) is 145 cm³/mol. The molecular formula is C29H29FN2O6S. The highest BCUT2D eigenvalue weighted by atomic mass is 32.1. The fourth-order valence-electron chi connectivity index (χ4n) is 4.30. The summed E-state index contributed by atoms with van der Waals surface area (Å²) >= 11 is 0.926. The smallest absolute Gasteiger partial charge is 0.350 e. The summed E-state index contributed by atoms with van der Waals surface area (Å²) in [4.78, 5) is 45.1. The molecule has 1 aromatic heterocycles. The number of aliphatic hydroxyl groups is 1. The minimum Gasteiger partial charge on any atom is -0.507 e. The van der Waals surface area contributed by atoms with Crippen LogP contribution < -0.4 is 9.64 Å². The van der Waals surface area contributed by atoms with Crippen LogP contribution in [-0.2, 0) is 14.3 Å². The molecule has 1 fully saturated rings. The number of unbranched alkanes of at least 4 members (excludes halogenated alkanes) is 2. The molecule has 1 N–H and O–H groups in total. The fraction of sp³-hybridized carbons (Fsp3) is 0.310. The minimum atomic E-state index is -1.07. The zero-order chi connectivity index (χ0) is 28.1. The van der Waals surface area contributed by atoms with E-state index in [0.717, 1.165) is 42.7 Å². The standard InChI is InChI=1S/C29H29FN2O6S/c1-4-6-7-15-38-21-10-8-9-19(16-21)23-22(24(33)18-11-13-20(30)14-12-18)25(34)27(35)32(23)29-31-17(3)26(39-29)28(36)37-5-2/h8-14,16,23,33H,4-7,15H2,1-3H3/b24-22+. The number of ketones is 1. The first-order chi connectivity index (χ1) is 18.8. The third kappa shape index (κ3) is 5.85. The van der Waals surface area contributed by atoms with Crippen LogP contribution in [0.2, 0.25) is 0 Å². The Hall–Kier alpha value is -4.05. The number of aliphatic hydroxyl groups excluding tert-OH is 1. The number of carbonyl (C=O) groups is 3. The first-order valence-electron chi connectivity index (χ1n) is 12.7. The lowest BCUT2D eigenvalue weighted by atomic mass is 9.95. The van der Waals surface area contributed by atoms with Gasteiger partial charge in [-0.15, -0.1) is 0 Å². The van der Waals surface area contributed by atoms with Gasteiger partial charge in [0.2, 0.25) is 0 Å². The van der Waals surface area contributed by atoms with Crippen molar-refractivity contribution in [3.8, 4) is 5.75 Å². The van der Waals surface area contributed by atoms with Crippen molar-refractivity contribution in [1.29, 1.82) is 0 Å². The lowest BCUT2D eigenvalue weighted by Gasteiger charge is -2.23. The highest BCUT2D eigenvalue weighted by Crippen LogP contribution is 2.44. The Balaban J connectivity index is 1.84. The van der Waals surface area contributed by atoms with Crippen molar-refractivity contribution in [2.24, 2.45) is 0 Å². The molecule has 2 heterocycles. The molecule has 1 saturated heterocycles. The van der Waals surface area contributed by atoms with Crippen LogP contribution in [0.15, 0.2) is 54.1 Å². The van der Waals surface area contributed by atoms with Gasteiger partial charge in [-0.2, -0.15) is 0 Å². The number of nitrogens with zero attached hydrogens (tertiary/aromatic N) is 2. The molecule has 1 unspecified atom stereocenters. The SMILES string of the molecule is CCCCCOc1cccc(C2/C(=C(\O)c3ccc(F)cc3)C(=O)C(=O)N2c2nc(C)c(C(=O)OCC)s2)c1. The van der Waals surface area contributed by atoms with Crippen molar-refractivity contribution in [3.63, 3.8) is 0 Å². The van der Waals surface area contributed by atoms with Gasteiger partial charge in [-0.3, -0.25) is 14.5 Å². The number of amides is 1. The van der Waals surface area contributed by atoms with Crippen LogP contribution in [0.25, 0.3) is 5.76 Å². The highest BCUT2D eigenvalue weighted by Gasteiger charge is 2.48. The van der Waals surface area contributed by atoms with Gasteiger partial charge >= 0.3 is 11.9 Å². The molecule has 10 heteroatoms. The van der Waals surface area contributed by atoms with Gasteiger partial charge in [0.25, 0.3) is 5.78 Å². The lowest BCUT2D eigenvalue weighted by Crippen LogP contribution is -2.29. The molecule has 204 valence electrons. The number of rotatable bonds is 10. The maximum Gasteiger partial charge on any atom is 0.350 e. The van der Waals surface area contributed by atoms with Crippen molar-refractivity contribution in [2.75, 3.05) is 18.1 Å². The second-order valence-electron chi connectivity index (χ2n) is 8.94. The van der Waals surface area contributed by atoms with E-state index in [-0.39, 0.29) is 27.8 Å². The molecule has 4 rings (SSSR count). The van der Waals surface area contributed by atoms with Crippen LogP contribution >= 0.6 is 11.3 Å². The maximum atomic E-state index is 13.6. The van der Waals surface area contributed by atoms with Crippen molar-refractivity contribution >= 4 is 39.9 Å². The molecule has 1 aliphatic rings. The van der Waals surface area contributed by atoms with Crippen molar-refractivity contribution in [3.05, 3.63) is 81.6 Å². The summed E-state index contributed by atoms with van der Waals surface area (Å²) in [6.07, 6.45) is 2.94. The fourth-order valence-corrected chi connectivity index (χ4v) is 5.28. The van der Waals surface area contributed by atoms with Crippen LogP contribution in [-0.4, -0.2) is 41.0 Å². The van der Waals surface area contributed by atoms with Gasteiger partial charge in [-0.25, -0.2) is 14.2 Å². The Morgan fingerprint density at radius 1 is 1.13 bits per heavy atom. The van der Waals surface area contributed by atoms with E-state index in [1.54, 1.807) is 38.1 Å². The number of halogens is 1. The molecule has 1 atom stereocenters. The zero-order valence-electron chi connectivity index (χ0n) is 21.9. The molecule has 2 aromatic carbocycles. The molecule has 0 spiro atoms. The number of carbonyl (C=O) groups excluding carboxylic acids is 3. The van der Waals surface area contributed by atoms with E-state index in [1.807, 2.05) is 0 Å². The van der Waals surface area contributed by atoms with Crippen LogP contribution in [0.3, 0.4) is 0 Å². The number of anilines is 1. The van der Waals surface area contributed by atoms with Gasteiger partial charge in [0.05, 0.1) is 30.5 Å². The summed E-state index contributed by atoms with van der Waals surface area (Å²) in [7, 11) is 0. The van der Waals surface area contributed by atoms with Gasteiger partial charge < -0.3 is 14.6 Å². The van der Waals surface area contributed by atoms with E-state index in [1.165, 1.54) is 17.0 Å². The average Bonchev–Trinajstić information content (AvgIpc) is 3.43. The van der Waals surface area contributed by atoms with E-state index < -0.39 is 35.3 Å². The molecule has 1 aliphatic heterocycles. The molecule has 3 aromatic rings. The third-order valence-corrected chi connectivity index (χ3v) is 7.34. The number of thiazole rings is 1. The number of hydrogen-bond acceptors (Lipinski definition) is 8. The second-order valence-corrected chi connectivity index (χ2v) is 9.91. The number of benzene rings is 2. The molecule has 0 aliphatic carbocycles. The van der Waals surface area contributed by atoms with Gasteiger partial charge in [0, 0.05) is 5.56 Å². The topological polar surface area (TPSA) is 106 Å². The lowest BCUT2D eigenvalue weighted by molar-refractivity contribution is -0.132. The monoisotopic (exact) mass is 552 g/mol. The van der Waals surface area contributed by atoms with E-state index in [4.69, 9.17) is 9.47 Å². The molecule has 1 amide bonds. The minimum absolute atomic E-state index is 0.107. The summed E-state index contributed by atoms with van der Waals surface area (Å²) in [5.41, 5.74) is 0.839. The predicted octanol–water partition coefficient (Wildman–Crippen LogP) is 5.96. The number of Topliss-reactive ketones (excluding diaryl/α,β-unsaturated/α-hetero) is 1. The largest absolute Gasteiger partial charge is 0.507 e. The number of hydrogen-bond donors (Lipinski definition) is 1. The third-order valence-electron chi connectivity index (χ3n) is 6.20. The second kappa shape index (κ2) is 12.2. The first kappa shape index (κ1) is 28.0. The van der Waals surface area contributed by atoms with E-state index >= 15 is 0 Å². The van der Waals surface area contributed by atoms with Gasteiger partial charge in [-0.1, -0.05) is 43.2 Å². The number of ether oxygens (including phenoxy) is 2. The summed E-state index contributed by atoms with van der Waals surface area (Å²) in [5.74, 6) is -2.85. The molecule has 0 bridgehead atoms. The average molecular weight is 553 g/mol. The maximum absolute atomic E-state index is 13.6. The number of aryl methyl sites for hydroxylation is 1. The van der Waals surface area contributed by atoms with Crippen molar-refractivity contribution < 1.29 is 33.4 Å². The van der Waals surface area contributed by atoms with Crippen molar-refractivity contribution in [1.82, 2.24) is 4.98 Å². The quantitative estimate of drug-likeness (QED) is 0.109. The van der Waals surface area contributed by atoms with Crippen LogP contribution in [0.5, 0.6) is 5.75 Å². The summed E-state index contributed by atoms with van der Waals surface area (Å²) in [5, 5.41) is 11.3. The van der Waals surface area contributed by atoms with E-state index in [0.29, 0.717) is 23.6 Å². The summed E-state index contributed by atoms with van der Waals surface area (Å²) in [6, 6.07) is 10.8. The van der Waals surface area contributed by atoms with Crippen LogP contribution in [0.4, 0.5) is 9.52 Å². The Morgan fingerprint density at radius 3 is 2.56 bits per heavy atom. The van der Waals surface area contributed by atoms with E-state index in [2.05, 4.69) is 11.9 Å². The summed E-state index contributed by atoms with van der Waals surface area (Å²) in [6.45, 7) is 6.06. The normalized spacial score (nSPS) is 16.5. The van der Waals surface area contributed by atoms with Crippen molar-refractivity contribution in [2.45, 2.75) is 46.1 Å². The van der Waals surface area contributed by atoms with E-state index in [9.17, 15) is 23.9 Å². The van der Waals surface area contributed by atoms with Crippen LogP contribution in [0.1, 0.15) is 65.6 Å². The van der Waals surface area contributed by atoms with Crippen LogP contribution in [0, 0.1) is 12.7 Å². The molecule has 0 radical (unpaired) electrons. The number of esters is 1. The Labute approximate surface area is 229 Å². The molecule has 8 nitrogen and oxygen atoms in total. The summed E-state index contributed by atoms with van der Waals surface area (Å²) < 4.78 is 24.6. The van der Waals surface area contributed by atoms with Gasteiger partial charge in [0.1, 0.15) is 22.2 Å². The Morgan fingerprint density at radius 2 is 1.87 bits per heavy atom. The Bertz CT molecular complexity index is 1420. The Kier molecular flexibility index (Phi) is 8.75. The zero-order valence-corrected chi connectivity index (χ0v) is 22.7. The van der Waals surface area contributed by atoms with Gasteiger partial charge in [-0.05, 0) is 62.2 Å². The molecular weight excluding hydrogens is 523 g/mol. The molecule has 0 saturated carbocycles. The van der Waals surface area contributed by atoms with Gasteiger partial charge in [0.15, 0.2) is 5.13 Å². The number of aromatic nitrogens is 1. The molecule has 39 heavy (non-hydrogen) atoms.